The van der Waals surface area contributed by atoms with Gasteiger partial charge in [0.1, 0.15) is 0 Å². The first-order valence-corrected chi connectivity index (χ1v) is 8.59. The molecule has 1 aromatic carbocycles. The minimum atomic E-state index is 0.884. The summed E-state index contributed by atoms with van der Waals surface area (Å²) < 4.78 is 0. The molecule has 0 aromatic heterocycles. The zero-order chi connectivity index (χ0) is 17.5. The third kappa shape index (κ3) is 7.25. The van der Waals surface area contributed by atoms with E-state index >= 15 is 0 Å². The highest BCUT2D eigenvalue weighted by Gasteiger charge is 2.14. The fraction of sp³-hybridized carbons (Fsp3) is 0.381. The van der Waals surface area contributed by atoms with Crippen LogP contribution in [0, 0.1) is 0 Å². The molecule has 1 N–H and O–H groups in total. The summed E-state index contributed by atoms with van der Waals surface area (Å²) in [7, 11) is 0. The average Bonchev–Trinajstić information content (AvgIpc) is 2.65. The van der Waals surface area contributed by atoms with Gasteiger partial charge < -0.3 is 5.32 Å². The monoisotopic (exact) mass is 312 g/mol. The van der Waals surface area contributed by atoms with Crippen molar-refractivity contribution in [1.29, 1.82) is 0 Å². The predicted molar refractivity (Wildman–Crippen MR) is 105 cm³/mol. The molecule has 2 nitrogen and oxygen atoms in total. The lowest BCUT2D eigenvalue weighted by Gasteiger charge is -2.22. The number of nitrogens with one attached hydrogen (secondary N) is 1. The van der Waals surface area contributed by atoms with Gasteiger partial charge in [0, 0.05) is 12.7 Å². The second kappa shape index (κ2) is 13.7. The first-order chi connectivity index (χ1) is 11.3. The molecule has 1 heterocycles. The van der Waals surface area contributed by atoms with E-state index in [1.807, 2.05) is 33.8 Å². The molecule has 126 valence electrons. The highest BCUT2D eigenvalue weighted by Crippen LogP contribution is 2.24. The van der Waals surface area contributed by atoms with Crippen LogP contribution in [0.15, 0.2) is 70.9 Å². The summed E-state index contributed by atoms with van der Waals surface area (Å²) in [5.74, 6) is 0. The molecule has 0 saturated carbocycles. The molecule has 1 aromatic rings. The molecular weight excluding hydrogens is 280 g/mol. The lowest BCUT2D eigenvalue weighted by Crippen LogP contribution is -2.26. The normalized spacial score (nSPS) is 14.0. The Morgan fingerprint density at radius 3 is 2.39 bits per heavy atom. The van der Waals surface area contributed by atoms with E-state index in [0.29, 0.717) is 0 Å². The van der Waals surface area contributed by atoms with E-state index in [1.54, 1.807) is 6.20 Å². The Morgan fingerprint density at radius 2 is 1.83 bits per heavy atom. The van der Waals surface area contributed by atoms with E-state index in [9.17, 15) is 0 Å². The quantitative estimate of drug-likeness (QED) is 0.576. The van der Waals surface area contributed by atoms with Gasteiger partial charge in [-0.2, -0.15) is 0 Å². The average molecular weight is 313 g/mol. The first-order valence-electron chi connectivity index (χ1n) is 8.59. The molecule has 0 amide bonds. The number of aliphatic imine (C=N–C) groups is 1. The maximum Gasteiger partial charge on any atom is 0.0336 e. The summed E-state index contributed by atoms with van der Waals surface area (Å²) in [6.45, 7) is 17.3. The van der Waals surface area contributed by atoms with Crippen LogP contribution in [-0.4, -0.2) is 19.8 Å². The predicted octanol–water partition coefficient (Wildman–Crippen LogP) is 5.34. The van der Waals surface area contributed by atoms with Crippen LogP contribution in [-0.2, 0) is 6.42 Å². The molecular formula is C21H32N2. The minimum absolute atomic E-state index is 0.884. The van der Waals surface area contributed by atoms with Gasteiger partial charge in [0.15, 0.2) is 0 Å². The molecule has 1 aliphatic heterocycles. The number of hydrogen-bond acceptors (Lipinski definition) is 2. The van der Waals surface area contributed by atoms with Gasteiger partial charge in [0.2, 0.25) is 0 Å². The molecule has 1 aliphatic rings. The van der Waals surface area contributed by atoms with Crippen LogP contribution in [0.25, 0.3) is 0 Å². The smallest absolute Gasteiger partial charge is 0.0336 e. The third-order valence-corrected chi connectivity index (χ3v) is 3.39. The van der Waals surface area contributed by atoms with Crippen LogP contribution in [0.4, 0.5) is 0 Å². The topological polar surface area (TPSA) is 24.4 Å². The van der Waals surface area contributed by atoms with Crippen molar-refractivity contribution in [3.05, 3.63) is 71.5 Å². The summed E-state index contributed by atoms with van der Waals surface area (Å²) in [6, 6.07) is 10.6. The van der Waals surface area contributed by atoms with Crippen LogP contribution >= 0.6 is 0 Å². The molecule has 0 unspecified atom stereocenters. The fourth-order valence-corrected chi connectivity index (χ4v) is 2.42. The molecule has 0 saturated heterocycles. The second-order valence-electron chi connectivity index (χ2n) is 4.64. The van der Waals surface area contributed by atoms with E-state index < -0.39 is 0 Å². The van der Waals surface area contributed by atoms with Crippen molar-refractivity contribution in [2.75, 3.05) is 13.1 Å². The number of nitrogens with zero attached hydrogens (tertiary/aromatic N) is 1. The van der Waals surface area contributed by atoms with E-state index in [-0.39, 0.29) is 0 Å². The van der Waals surface area contributed by atoms with Gasteiger partial charge in [-0.25, -0.2) is 0 Å². The van der Waals surface area contributed by atoms with Crippen molar-refractivity contribution in [1.82, 2.24) is 5.32 Å². The summed E-state index contributed by atoms with van der Waals surface area (Å²) in [6.07, 6.45) is 5.73. The van der Waals surface area contributed by atoms with Crippen molar-refractivity contribution in [3.8, 4) is 0 Å². The largest absolute Gasteiger partial charge is 0.312 e. The van der Waals surface area contributed by atoms with Gasteiger partial charge in [-0.1, -0.05) is 76.3 Å². The highest BCUT2D eigenvalue weighted by molar-refractivity contribution is 5.46. The Morgan fingerprint density at radius 1 is 1.17 bits per heavy atom. The SMILES string of the molecule is C=C/C(=C\N=C)C1=C(Cc2ccccc2)CCNC1.CC.CC. The van der Waals surface area contributed by atoms with Gasteiger partial charge in [-0.05, 0) is 42.8 Å². The molecule has 2 rings (SSSR count). The van der Waals surface area contributed by atoms with Crippen molar-refractivity contribution in [3.63, 3.8) is 0 Å². The van der Waals surface area contributed by atoms with Crippen LogP contribution in [0.3, 0.4) is 0 Å². The maximum atomic E-state index is 3.88. The van der Waals surface area contributed by atoms with Crippen LogP contribution in [0.1, 0.15) is 39.7 Å². The Balaban J connectivity index is 0.00000112. The number of allylic oxidation sites excluding steroid dienone is 1. The van der Waals surface area contributed by atoms with Gasteiger partial charge in [-0.15, -0.1) is 0 Å². The summed E-state index contributed by atoms with van der Waals surface area (Å²) in [4.78, 5) is 3.88. The van der Waals surface area contributed by atoms with Crippen LogP contribution < -0.4 is 5.32 Å². The summed E-state index contributed by atoms with van der Waals surface area (Å²) >= 11 is 0. The molecule has 0 fully saturated rings. The van der Waals surface area contributed by atoms with E-state index in [0.717, 1.165) is 31.5 Å². The highest BCUT2D eigenvalue weighted by atomic mass is 14.9. The Kier molecular flexibility index (Phi) is 12.6. The lowest BCUT2D eigenvalue weighted by molar-refractivity contribution is 0.671. The zero-order valence-corrected chi connectivity index (χ0v) is 15.2. The molecule has 0 spiro atoms. The maximum absolute atomic E-state index is 3.88. The molecule has 0 radical (unpaired) electrons. The number of hydrogen-bond donors (Lipinski definition) is 1. The van der Waals surface area contributed by atoms with Crippen LogP contribution in [0.2, 0.25) is 0 Å². The van der Waals surface area contributed by atoms with Crippen molar-refractivity contribution >= 4 is 6.72 Å². The van der Waals surface area contributed by atoms with E-state index in [4.69, 9.17) is 0 Å². The number of rotatable bonds is 5. The van der Waals surface area contributed by atoms with Crippen molar-refractivity contribution in [2.45, 2.75) is 40.5 Å². The van der Waals surface area contributed by atoms with Gasteiger partial charge in [0.05, 0.1) is 0 Å². The fourth-order valence-electron chi connectivity index (χ4n) is 2.42. The van der Waals surface area contributed by atoms with E-state index in [2.05, 4.69) is 53.9 Å². The Bertz CT molecular complexity index is 510. The second-order valence-corrected chi connectivity index (χ2v) is 4.64. The first kappa shape index (κ1) is 21.1. The number of benzene rings is 1. The summed E-state index contributed by atoms with van der Waals surface area (Å²) in [5.41, 5.74) is 5.22. The summed E-state index contributed by atoms with van der Waals surface area (Å²) in [5, 5.41) is 3.42. The van der Waals surface area contributed by atoms with Gasteiger partial charge in [-0.3, -0.25) is 4.99 Å². The standard InChI is InChI=1S/C17H20N2.2C2H6/c1-3-15(12-18-2)17-13-19-10-9-16(17)11-14-7-5-4-6-8-14;2*1-2/h3-8,12,19H,1-2,9-11,13H2;2*1-2H3/b15-12+;;. The molecule has 23 heavy (non-hydrogen) atoms. The molecule has 0 bridgehead atoms. The van der Waals surface area contributed by atoms with Crippen molar-refractivity contribution in [2.24, 2.45) is 4.99 Å². The molecule has 2 heteroatoms. The molecule has 0 aliphatic carbocycles. The Hall–Kier alpha value is -1.93. The van der Waals surface area contributed by atoms with Crippen molar-refractivity contribution < 1.29 is 0 Å². The zero-order valence-electron chi connectivity index (χ0n) is 15.2. The minimum Gasteiger partial charge on any atom is -0.312 e. The molecule has 0 atom stereocenters. The Labute approximate surface area is 142 Å². The van der Waals surface area contributed by atoms with Crippen LogP contribution in [0.5, 0.6) is 0 Å². The lowest BCUT2D eigenvalue weighted by atomic mass is 9.91. The van der Waals surface area contributed by atoms with Gasteiger partial charge >= 0.3 is 0 Å². The van der Waals surface area contributed by atoms with Gasteiger partial charge in [0.25, 0.3) is 0 Å². The third-order valence-electron chi connectivity index (χ3n) is 3.39. The van der Waals surface area contributed by atoms with E-state index in [1.165, 1.54) is 16.7 Å².